The van der Waals surface area contributed by atoms with Gasteiger partial charge in [-0.3, -0.25) is 0 Å². The molecular weight excluding hydrogens is 351 g/mol. The van der Waals surface area contributed by atoms with E-state index in [1.54, 1.807) is 0 Å². The van der Waals surface area contributed by atoms with Crippen LogP contribution in [0.3, 0.4) is 0 Å². The highest BCUT2D eigenvalue weighted by molar-refractivity contribution is 5.87. The molecule has 0 radical (unpaired) electrons. The zero-order valence-electron chi connectivity index (χ0n) is 11.5. The standard InChI is InChI=1S/C11H11F9O3/c1-4(21)3-6(5(2)7(22)23)8(12,13)9(14,15)10(16,17)11(18,19)20/h4,21H,3H2,1-2H3,(H,22,23). The van der Waals surface area contributed by atoms with Crippen LogP contribution in [0, 0.1) is 0 Å². The molecule has 0 aliphatic carbocycles. The first kappa shape index (κ1) is 21.5. The van der Waals surface area contributed by atoms with Crippen molar-refractivity contribution >= 4 is 5.97 Å². The summed E-state index contributed by atoms with van der Waals surface area (Å²) in [6, 6.07) is 0. The van der Waals surface area contributed by atoms with E-state index in [0.29, 0.717) is 6.92 Å². The number of hydrogen-bond acceptors (Lipinski definition) is 2. The molecule has 1 atom stereocenters. The van der Waals surface area contributed by atoms with E-state index in [4.69, 9.17) is 10.2 Å². The van der Waals surface area contributed by atoms with Crippen molar-refractivity contribution in [2.75, 3.05) is 0 Å². The summed E-state index contributed by atoms with van der Waals surface area (Å²) in [6.07, 6.45) is -10.5. The minimum absolute atomic E-state index is 0.315. The summed E-state index contributed by atoms with van der Waals surface area (Å²) >= 11 is 0. The predicted octanol–water partition coefficient (Wildman–Crippen LogP) is 3.63. The fraction of sp³-hybridized carbons (Fsp3) is 0.727. The fourth-order valence-corrected chi connectivity index (χ4v) is 1.51. The minimum Gasteiger partial charge on any atom is -0.478 e. The maximum absolute atomic E-state index is 13.7. The minimum atomic E-state index is -7.13. The Hall–Kier alpha value is -1.46. The second-order valence-corrected chi connectivity index (χ2v) is 4.68. The van der Waals surface area contributed by atoms with Crippen LogP contribution in [0.15, 0.2) is 11.1 Å². The zero-order valence-corrected chi connectivity index (χ0v) is 11.5. The molecule has 0 amide bonds. The van der Waals surface area contributed by atoms with Crippen molar-refractivity contribution in [2.24, 2.45) is 0 Å². The summed E-state index contributed by atoms with van der Waals surface area (Å²) in [4.78, 5) is 10.6. The normalized spacial score (nSPS) is 16.9. The lowest BCUT2D eigenvalue weighted by Crippen LogP contribution is -2.61. The van der Waals surface area contributed by atoms with Gasteiger partial charge >= 0.3 is 29.9 Å². The number of aliphatic hydroxyl groups excluding tert-OH is 1. The van der Waals surface area contributed by atoms with E-state index in [1.165, 1.54) is 0 Å². The van der Waals surface area contributed by atoms with Crippen LogP contribution in [-0.2, 0) is 4.79 Å². The summed E-state index contributed by atoms with van der Waals surface area (Å²) < 4.78 is 116. The smallest absolute Gasteiger partial charge is 0.460 e. The molecule has 0 spiro atoms. The number of carboxylic acid groups (broad SMARTS) is 1. The number of rotatable bonds is 6. The van der Waals surface area contributed by atoms with Crippen LogP contribution in [0.4, 0.5) is 39.5 Å². The van der Waals surface area contributed by atoms with Gasteiger partial charge in [0.15, 0.2) is 0 Å². The van der Waals surface area contributed by atoms with E-state index < -0.39 is 53.6 Å². The second kappa shape index (κ2) is 6.21. The van der Waals surface area contributed by atoms with Crippen LogP contribution < -0.4 is 0 Å². The Morgan fingerprint density at radius 2 is 1.35 bits per heavy atom. The maximum atomic E-state index is 13.7. The van der Waals surface area contributed by atoms with Gasteiger partial charge in [0.2, 0.25) is 0 Å². The first-order valence-electron chi connectivity index (χ1n) is 5.73. The van der Waals surface area contributed by atoms with Crippen LogP contribution >= 0.6 is 0 Å². The van der Waals surface area contributed by atoms with Crippen LogP contribution in [0.1, 0.15) is 20.3 Å². The highest BCUT2D eigenvalue weighted by Gasteiger charge is 2.82. The quantitative estimate of drug-likeness (QED) is 0.561. The number of carboxylic acids is 1. The van der Waals surface area contributed by atoms with Crippen molar-refractivity contribution in [3.63, 3.8) is 0 Å². The van der Waals surface area contributed by atoms with E-state index in [2.05, 4.69) is 0 Å². The highest BCUT2D eigenvalue weighted by Crippen LogP contribution is 2.56. The third-order valence-electron chi connectivity index (χ3n) is 2.80. The van der Waals surface area contributed by atoms with Crippen molar-refractivity contribution in [2.45, 2.75) is 50.3 Å². The maximum Gasteiger partial charge on any atom is 0.460 e. The Bertz CT molecular complexity index is 491. The lowest BCUT2D eigenvalue weighted by Gasteiger charge is -2.35. The molecule has 23 heavy (non-hydrogen) atoms. The molecule has 0 aromatic heterocycles. The van der Waals surface area contributed by atoms with Crippen molar-refractivity contribution in [3.05, 3.63) is 11.1 Å². The second-order valence-electron chi connectivity index (χ2n) is 4.68. The fourth-order valence-electron chi connectivity index (χ4n) is 1.51. The van der Waals surface area contributed by atoms with Gasteiger partial charge < -0.3 is 10.2 Å². The van der Waals surface area contributed by atoms with Gasteiger partial charge in [0.25, 0.3) is 0 Å². The number of carbonyl (C=O) groups is 1. The zero-order chi connectivity index (χ0) is 19.0. The van der Waals surface area contributed by atoms with Gasteiger partial charge in [0, 0.05) is 17.6 Å². The molecule has 0 rings (SSSR count). The summed E-state index contributed by atoms with van der Waals surface area (Å²) in [6.45, 7) is 1.04. The van der Waals surface area contributed by atoms with Crippen LogP contribution in [0.5, 0.6) is 0 Å². The van der Waals surface area contributed by atoms with Gasteiger partial charge in [-0.1, -0.05) is 0 Å². The number of aliphatic hydroxyl groups is 1. The van der Waals surface area contributed by atoms with Gasteiger partial charge in [-0.15, -0.1) is 0 Å². The molecule has 0 aliphatic rings. The average Bonchev–Trinajstić information content (AvgIpc) is 2.32. The molecule has 0 aliphatic heterocycles. The molecule has 3 nitrogen and oxygen atoms in total. The average molecular weight is 362 g/mol. The molecule has 0 aromatic carbocycles. The number of alkyl halides is 9. The van der Waals surface area contributed by atoms with E-state index in [9.17, 15) is 44.3 Å². The van der Waals surface area contributed by atoms with Crippen LogP contribution in [0.2, 0.25) is 0 Å². The Morgan fingerprint density at radius 3 is 1.61 bits per heavy atom. The Morgan fingerprint density at radius 1 is 0.957 bits per heavy atom. The molecule has 0 saturated carbocycles. The first-order chi connectivity index (χ1) is 9.91. The molecule has 136 valence electrons. The first-order valence-corrected chi connectivity index (χ1v) is 5.73. The molecule has 2 N–H and O–H groups in total. The summed E-state index contributed by atoms with van der Waals surface area (Å²) in [7, 11) is 0. The van der Waals surface area contributed by atoms with Gasteiger partial charge in [0.1, 0.15) is 0 Å². The van der Waals surface area contributed by atoms with Gasteiger partial charge in [0.05, 0.1) is 6.10 Å². The van der Waals surface area contributed by atoms with Crippen molar-refractivity contribution in [1.29, 1.82) is 0 Å². The van der Waals surface area contributed by atoms with Gasteiger partial charge in [-0.05, 0) is 13.8 Å². The van der Waals surface area contributed by atoms with E-state index in [0.717, 1.165) is 6.92 Å². The molecule has 0 bridgehead atoms. The number of halogens is 9. The topological polar surface area (TPSA) is 57.5 Å². The third-order valence-corrected chi connectivity index (χ3v) is 2.80. The SMILES string of the molecule is CC(C(=O)O)=C(CC(C)O)C(F)(F)C(F)(F)C(F)(F)C(F)(F)F. The van der Waals surface area contributed by atoms with Crippen molar-refractivity contribution < 1.29 is 54.5 Å². The van der Waals surface area contributed by atoms with Crippen LogP contribution in [-0.4, -0.2) is 46.2 Å². The lowest BCUT2D eigenvalue weighted by atomic mass is 9.90. The summed E-state index contributed by atoms with van der Waals surface area (Å²) in [5.74, 6) is -22.5. The highest BCUT2D eigenvalue weighted by atomic mass is 19.4. The van der Waals surface area contributed by atoms with Crippen molar-refractivity contribution in [1.82, 2.24) is 0 Å². The lowest BCUT2D eigenvalue weighted by molar-refractivity contribution is -0.390. The Labute approximate surface area is 123 Å². The Balaban J connectivity index is 6.38. The number of aliphatic carboxylic acids is 1. The third kappa shape index (κ3) is 3.72. The molecular formula is C11H11F9O3. The molecule has 0 saturated heterocycles. The monoisotopic (exact) mass is 362 g/mol. The number of hydrogen-bond donors (Lipinski definition) is 2. The molecule has 0 fully saturated rings. The van der Waals surface area contributed by atoms with Gasteiger partial charge in [-0.25, -0.2) is 4.79 Å². The van der Waals surface area contributed by atoms with Crippen molar-refractivity contribution in [3.8, 4) is 0 Å². The van der Waals surface area contributed by atoms with Gasteiger partial charge in [-0.2, -0.15) is 39.5 Å². The van der Waals surface area contributed by atoms with E-state index in [-0.39, 0.29) is 0 Å². The molecule has 0 heterocycles. The van der Waals surface area contributed by atoms with E-state index in [1.807, 2.05) is 0 Å². The molecule has 12 heteroatoms. The van der Waals surface area contributed by atoms with E-state index >= 15 is 0 Å². The summed E-state index contributed by atoms with van der Waals surface area (Å²) in [5.41, 5.74) is -3.80. The predicted molar refractivity (Wildman–Crippen MR) is 57.5 cm³/mol. The molecule has 1 unspecified atom stereocenters. The summed E-state index contributed by atoms with van der Waals surface area (Å²) in [5, 5.41) is 17.5. The Kier molecular flexibility index (Phi) is 5.81. The molecule has 0 aromatic rings. The van der Waals surface area contributed by atoms with Crippen LogP contribution in [0.25, 0.3) is 0 Å². The largest absolute Gasteiger partial charge is 0.478 e.